The number of aliphatic hydroxyl groups is 5. The minimum absolute atomic E-state index is 0.0569. The average Bonchev–Trinajstić information content (AvgIpc) is 2.94. The fourth-order valence-electron chi connectivity index (χ4n) is 7.13. The van der Waals surface area contributed by atoms with E-state index < -0.39 is 76.9 Å². The van der Waals surface area contributed by atoms with E-state index in [-0.39, 0.29) is 37.5 Å². The maximum atomic E-state index is 13.9. The number of nitrogens with zero attached hydrogens (tertiary/aromatic N) is 1. The van der Waals surface area contributed by atoms with Crippen LogP contribution in [-0.4, -0.2) is 135 Å². The standard InChI is InChI=1S/C34H67N3O9/c1-14-25-33(11,42)27(39)23(6)35-17-19(2)16-32(10,41)28(46-30-26(38)24(37(12)13)15-20(3)44-30)21(4)34(43,18-36-31(7,8)9)22(5)29(40)45-25/h19-28,30,35-36,38-39,41-43H,14-18H2,1-13H3/t19-,20-,21-,22?,23-,24+,25-,26-,27-,28-,30+,32+,33-,34-/m1/s1. The molecule has 0 aromatic rings. The Kier molecular flexibility index (Phi) is 14.1. The van der Waals surface area contributed by atoms with Crippen LogP contribution in [0.5, 0.6) is 0 Å². The van der Waals surface area contributed by atoms with Crippen molar-refractivity contribution in [1.29, 1.82) is 0 Å². The molecular formula is C34H67N3O9. The molecule has 0 aliphatic carbocycles. The zero-order chi connectivity index (χ0) is 35.6. The first-order chi connectivity index (χ1) is 20.9. The molecule has 0 bridgehead atoms. The van der Waals surface area contributed by atoms with Crippen molar-refractivity contribution in [2.75, 3.05) is 27.2 Å². The number of rotatable bonds is 6. The normalized spacial score (nSPS) is 46.0. The molecule has 272 valence electrons. The van der Waals surface area contributed by atoms with Crippen molar-refractivity contribution in [2.24, 2.45) is 17.8 Å². The van der Waals surface area contributed by atoms with Gasteiger partial charge < -0.3 is 55.3 Å². The number of hydrogen-bond acceptors (Lipinski definition) is 12. The topological polar surface area (TPSA) is 173 Å². The molecule has 0 saturated carbocycles. The summed E-state index contributed by atoms with van der Waals surface area (Å²) in [7, 11) is 3.76. The maximum Gasteiger partial charge on any atom is 0.312 e. The zero-order valence-corrected chi connectivity index (χ0v) is 30.7. The van der Waals surface area contributed by atoms with E-state index in [1.165, 1.54) is 6.92 Å². The SMILES string of the molecule is CC[C@H]1OC(=O)C(C)[C@@](O)(CNC(C)(C)C)[C@H](C)[C@@H](O[C@@H]2O[C@H](C)C[C@H](N(C)C)[C@H]2O)[C@@](C)(O)C[C@@H](C)CN[C@H](C)[C@@H](O)[C@]1(C)O. The number of aliphatic hydroxyl groups excluding tert-OH is 2. The van der Waals surface area contributed by atoms with Gasteiger partial charge in [-0.3, -0.25) is 4.79 Å². The van der Waals surface area contributed by atoms with E-state index in [0.717, 1.165) is 0 Å². The summed E-state index contributed by atoms with van der Waals surface area (Å²) in [6.07, 6.45) is -4.83. The molecule has 0 radical (unpaired) electrons. The lowest BCUT2D eigenvalue weighted by Gasteiger charge is -2.50. The second kappa shape index (κ2) is 15.7. The molecule has 0 aromatic heterocycles. The highest BCUT2D eigenvalue weighted by Crippen LogP contribution is 2.40. The number of cyclic esters (lactones) is 1. The maximum absolute atomic E-state index is 13.9. The number of likely N-dealkylation sites (N-methyl/N-ethyl adjacent to an activating group) is 1. The third-order valence-electron chi connectivity index (χ3n) is 10.3. The summed E-state index contributed by atoms with van der Waals surface area (Å²) in [5.74, 6) is -2.98. The van der Waals surface area contributed by atoms with Crippen LogP contribution in [0.15, 0.2) is 0 Å². The molecular weight excluding hydrogens is 594 g/mol. The lowest BCUT2D eigenvalue weighted by atomic mass is 9.70. The third-order valence-corrected chi connectivity index (χ3v) is 10.3. The van der Waals surface area contributed by atoms with Crippen LogP contribution in [0.2, 0.25) is 0 Å². The summed E-state index contributed by atoms with van der Waals surface area (Å²) in [6.45, 7) is 19.9. The number of carbonyl (C=O) groups is 1. The van der Waals surface area contributed by atoms with Crippen molar-refractivity contribution in [3.8, 4) is 0 Å². The highest BCUT2D eigenvalue weighted by Gasteiger charge is 2.55. The van der Waals surface area contributed by atoms with Crippen LogP contribution < -0.4 is 10.6 Å². The average molecular weight is 662 g/mol. The predicted molar refractivity (Wildman–Crippen MR) is 177 cm³/mol. The summed E-state index contributed by atoms with van der Waals surface area (Å²) in [5.41, 5.74) is -5.65. The lowest BCUT2D eigenvalue weighted by Crippen LogP contribution is -2.64. The van der Waals surface area contributed by atoms with Crippen LogP contribution >= 0.6 is 0 Å². The van der Waals surface area contributed by atoms with Crippen molar-refractivity contribution in [1.82, 2.24) is 15.5 Å². The molecule has 0 spiro atoms. The fourth-order valence-corrected chi connectivity index (χ4v) is 7.13. The van der Waals surface area contributed by atoms with Gasteiger partial charge >= 0.3 is 5.97 Å². The summed E-state index contributed by atoms with van der Waals surface area (Å²) < 4.78 is 18.6. The van der Waals surface area contributed by atoms with E-state index in [4.69, 9.17) is 14.2 Å². The van der Waals surface area contributed by atoms with Gasteiger partial charge in [-0.1, -0.05) is 20.8 Å². The first kappa shape index (κ1) is 41.2. The van der Waals surface area contributed by atoms with Gasteiger partial charge in [0.2, 0.25) is 0 Å². The Labute approximate surface area is 277 Å². The van der Waals surface area contributed by atoms with E-state index in [0.29, 0.717) is 13.0 Å². The van der Waals surface area contributed by atoms with Crippen molar-refractivity contribution >= 4 is 5.97 Å². The predicted octanol–water partition coefficient (Wildman–Crippen LogP) is 1.39. The van der Waals surface area contributed by atoms with Gasteiger partial charge in [0, 0.05) is 30.1 Å². The molecule has 2 rings (SSSR count). The zero-order valence-electron chi connectivity index (χ0n) is 30.7. The first-order valence-electron chi connectivity index (χ1n) is 17.1. The molecule has 12 heteroatoms. The third kappa shape index (κ3) is 9.83. The van der Waals surface area contributed by atoms with Crippen molar-refractivity contribution < 1.29 is 44.5 Å². The molecule has 2 saturated heterocycles. The molecule has 12 nitrogen and oxygen atoms in total. The van der Waals surface area contributed by atoms with Crippen LogP contribution in [-0.2, 0) is 19.0 Å². The fraction of sp³-hybridized carbons (Fsp3) is 0.971. The van der Waals surface area contributed by atoms with E-state index in [2.05, 4.69) is 10.6 Å². The Morgan fingerprint density at radius 2 is 1.65 bits per heavy atom. The second-order valence-electron chi connectivity index (χ2n) is 16.1. The number of β-amino-alcohol motifs (C(OH)–C–C–N with tert-alkyl or cyclic N) is 1. The molecule has 2 heterocycles. The molecule has 7 N–H and O–H groups in total. The van der Waals surface area contributed by atoms with Gasteiger partial charge in [0.15, 0.2) is 6.29 Å². The summed E-state index contributed by atoms with van der Waals surface area (Å²) >= 11 is 0. The molecule has 14 atom stereocenters. The van der Waals surface area contributed by atoms with Gasteiger partial charge in [0.25, 0.3) is 0 Å². The number of esters is 1. The van der Waals surface area contributed by atoms with Crippen LogP contribution in [0.3, 0.4) is 0 Å². The Balaban J connectivity index is 2.72. The molecule has 0 amide bonds. The molecule has 2 aliphatic heterocycles. The molecule has 1 unspecified atom stereocenters. The van der Waals surface area contributed by atoms with Gasteiger partial charge in [-0.15, -0.1) is 0 Å². The number of hydrogen-bond donors (Lipinski definition) is 7. The highest BCUT2D eigenvalue weighted by molar-refractivity contribution is 5.74. The number of ether oxygens (including phenoxy) is 3. The smallest absolute Gasteiger partial charge is 0.312 e. The van der Waals surface area contributed by atoms with Crippen LogP contribution in [0.25, 0.3) is 0 Å². The van der Waals surface area contributed by atoms with Gasteiger partial charge in [-0.2, -0.15) is 0 Å². The van der Waals surface area contributed by atoms with Crippen LogP contribution in [0.4, 0.5) is 0 Å². The summed E-state index contributed by atoms with van der Waals surface area (Å²) in [4.78, 5) is 15.8. The molecule has 46 heavy (non-hydrogen) atoms. The quantitative estimate of drug-likeness (QED) is 0.204. The van der Waals surface area contributed by atoms with E-state index in [9.17, 15) is 30.3 Å². The second-order valence-corrected chi connectivity index (χ2v) is 16.1. The van der Waals surface area contributed by atoms with Gasteiger partial charge in [0.1, 0.15) is 23.9 Å². The summed E-state index contributed by atoms with van der Waals surface area (Å²) in [5, 5.41) is 65.5. The largest absolute Gasteiger partial charge is 0.459 e. The van der Waals surface area contributed by atoms with Crippen molar-refractivity contribution in [3.63, 3.8) is 0 Å². The van der Waals surface area contributed by atoms with Crippen LogP contribution in [0.1, 0.15) is 95.4 Å². The minimum atomic E-state index is -1.84. The first-order valence-corrected chi connectivity index (χ1v) is 17.1. The molecule has 2 aliphatic rings. The Morgan fingerprint density at radius 3 is 2.17 bits per heavy atom. The highest BCUT2D eigenvalue weighted by atomic mass is 16.7. The number of carbonyl (C=O) groups excluding carboxylic acids is 1. The Hall–Kier alpha value is -0.930. The lowest BCUT2D eigenvalue weighted by molar-refractivity contribution is -0.304. The van der Waals surface area contributed by atoms with Gasteiger partial charge in [0.05, 0.1) is 29.3 Å². The van der Waals surface area contributed by atoms with Crippen molar-refractivity contribution in [2.45, 2.75) is 167 Å². The molecule has 0 aromatic carbocycles. The van der Waals surface area contributed by atoms with Gasteiger partial charge in [-0.25, -0.2) is 0 Å². The van der Waals surface area contributed by atoms with E-state index in [1.54, 1.807) is 34.6 Å². The van der Waals surface area contributed by atoms with E-state index >= 15 is 0 Å². The van der Waals surface area contributed by atoms with Crippen LogP contribution in [0, 0.1) is 17.8 Å². The van der Waals surface area contributed by atoms with E-state index in [1.807, 2.05) is 53.6 Å². The Bertz CT molecular complexity index is 974. The summed E-state index contributed by atoms with van der Waals surface area (Å²) in [6, 6.07) is -0.840. The molecule has 2 fully saturated rings. The minimum Gasteiger partial charge on any atom is -0.459 e. The van der Waals surface area contributed by atoms with Crippen molar-refractivity contribution in [3.05, 3.63) is 0 Å². The monoisotopic (exact) mass is 661 g/mol. The number of nitrogens with one attached hydrogen (secondary N) is 2. The Morgan fingerprint density at radius 1 is 1.07 bits per heavy atom. The van der Waals surface area contributed by atoms with Gasteiger partial charge in [-0.05, 0) is 101 Å².